The van der Waals surface area contributed by atoms with E-state index in [2.05, 4.69) is 9.72 Å². The van der Waals surface area contributed by atoms with Gasteiger partial charge in [0, 0.05) is 22.7 Å². The largest absolute Gasteiger partial charge is 0.486 e. The monoisotopic (exact) mass is 463 g/mol. The lowest BCUT2D eigenvalue weighted by molar-refractivity contribution is -0.140. The number of methoxy groups -OCH3 is 1. The van der Waals surface area contributed by atoms with Gasteiger partial charge in [-0.15, -0.1) is 0 Å². The molecule has 1 fully saturated rings. The lowest BCUT2D eigenvalue weighted by Gasteiger charge is -2.19. The second-order valence-corrected chi connectivity index (χ2v) is 8.43. The zero-order chi connectivity index (χ0) is 23.6. The number of halogens is 4. The van der Waals surface area contributed by atoms with Gasteiger partial charge in [-0.2, -0.15) is 13.2 Å². The van der Waals surface area contributed by atoms with Gasteiger partial charge in [-0.05, 0) is 54.5 Å². The molecule has 0 aliphatic heterocycles. The maximum absolute atomic E-state index is 14.5. The van der Waals surface area contributed by atoms with Crippen LogP contribution in [-0.2, 0) is 28.7 Å². The van der Waals surface area contributed by atoms with Gasteiger partial charge >= 0.3 is 12.1 Å². The third-order valence-electron chi connectivity index (χ3n) is 6.17. The zero-order valence-electron chi connectivity index (χ0n) is 18.2. The van der Waals surface area contributed by atoms with Crippen LogP contribution in [0, 0.1) is 5.82 Å². The summed E-state index contributed by atoms with van der Waals surface area (Å²) >= 11 is 0. The number of hydrogen-bond acceptors (Lipinski definition) is 3. The fourth-order valence-electron chi connectivity index (χ4n) is 4.47. The number of hydrogen-bond donors (Lipinski definition) is 1. The van der Waals surface area contributed by atoms with Crippen molar-refractivity contribution in [1.29, 1.82) is 0 Å². The topological polar surface area (TPSA) is 51.3 Å². The highest BCUT2D eigenvalue weighted by atomic mass is 19.4. The zero-order valence-corrected chi connectivity index (χ0v) is 18.2. The van der Waals surface area contributed by atoms with Crippen molar-refractivity contribution in [1.82, 2.24) is 4.98 Å². The van der Waals surface area contributed by atoms with Crippen LogP contribution in [0.1, 0.15) is 60.4 Å². The van der Waals surface area contributed by atoms with Gasteiger partial charge in [-0.25, -0.2) is 4.39 Å². The number of nitrogens with one attached hydrogen (secondary N) is 1. The van der Waals surface area contributed by atoms with Crippen LogP contribution in [0.3, 0.4) is 0 Å². The summed E-state index contributed by atoms with van der Waals surface area (Å²) < 4.78 is 65.8. The molecule has 1 heterocycles. The van der Waals surface area contributed by atoms with Crippen molar-refractivity contribution < 1.29 is 31.8 Å². The average molecular weight is 463 g/mol. The number of H-pyrrole nitrogens is 1. The molecule has 2 aromatic carbocycles. The van der Waals surface area contributed by atoms with Crippen molar-refractivity contribution in [3.63, 3.8) is 0 Å². The van der Waals surface area contributed by atoms with Gasteiger partial charge < -0.3 is 14.5 Å². The summed E-state index contributed by atoms with van der Waals surface area (Å²) in [5.74, 6) is -1.09. The number of esters is 1. The molecule has 1 saturated carbocycles. The maximum Gasteiger partial charge on any atom is 0.416 e. The molecule has 4 nitrogen and oxygen atoms in total. The molecule has 4 rings (SSSR count). The van der Waals surface area contributed by atoms with Crippen LogP contribution in [-0.4, -0.2) is 18.1 Å². The van der Waals surface area contributed by atoms with Gasteiger partial charge in [0.1, 0.15) is 6.61 Å². The Balaban J connectivity index is 1.51. The molecule has 1 aliphatic carbocycles. The summed E-state index contributed by atoms with van der Waals surface area (Å²) in [6, 6.07) is 8.84. The van der Waals surface area contributed by atoms with E-state index in [0.717, 1.165) is 37.4 Å². The Bertz CT molecular complexity index is 1150. The van der Waals surface area contributed by atoms with Crippen LogP contribution in [0.4, 0.5) is 17.6 Å². The highest BCUT2D eigenvalue weighted by molar-refractivity contribution is 5.82. The Hall–Kier alpha value is -3.03. The van der Waals surface area contributed by atoms with Crippen molar-refractivity contribution in [2.24, 2.45) is 0 Å². The highest BCUT2D eigenvalue weighted by Gasteiger charge is 2.36. The molecule has 1 aromatic heterocycles. The normalized spacial score (nSPS) is 14.7. The molecule has 0 radical (unpaired) electrons. The van der Waals surface area contributed by atoms with Crippen molar-refractivity contribution in [2.75, 3.05) is 7.11 Å². The smallest absolute Gasteiger partial charge is 0.416 e. The lowest BCUT2D eigenvalue weighted by Crippen LogP contribution is -2.12. The van der Waals surface area contributed by atoms with Gasteiger partial charge in [0.2, 0.25) is 0 Å². The number of fused-ring (bicyclic) bond motifs is 1. The quantitative estimate of drug-likeness (QED) is 0.315. The molecule has 0 saturated heterocycles. The van der Waals surface area contributed by atoms with Crippen LogP contribution in [0.15, 0.2) is 36.4 Å². The lowest BCUT2D eigenvalue weighted by atomic mass is 9.91. The number of carbonyl (C=O) groups is 1. The molecule has 0 amide bonds. The van der Waals surface area contributed by atoms with E-state index in [1.165, 1.54) is 25.3 Å². The first kappa shape index (κ1) is 23.1. The van der Waals surface area contributed by atoms with Crippen molar-refractivity contribution >= 4 is 16.9 Å². The minimum atomic E-state index is -4.45. The number of carbonyl (C=O) groups excluding carboxylic acids is 1. The van der Waals surface area contributed by atoms with E-state index in [9.17, 15) is 22.4 Å². The van der Waals surface area contributed by atoms with E-state index in [-0.39, 0.29) is 30.7 Å². The second kappa shape index (κ2) is 9.45. The molecule has 0 bridgehead atoms. The molecule has 0 unspecified atom stereocenters. The molecule has 3 aromatic rings. The van der Waals surface area contributed by atoms with Crippen LogP contribution in [0.2, 0.25) is 0 Å². The first-order chi connectivity index (χ1) is 15.7. The van der Waals surface area contributed by atoms with E-state index in [1.807, 2.05) is 0 Å². The van der Waals surface area contributed by atoms with Gasteiger partial charge in [-0.3, -0.25) is 4.79 Å². The fraction of sp³-hybridized carbons (Fsp3) is 0.400. The number of aromatic amines is 1. The Morgan fingerprint density at radius 1 is 1.12 bits per heavy atom. The molecule has 0 atom stereocenters. The highest BCUT2D eigenvalue weighted by Crippen LogP contribution is 2.42. The van der Waals surface area contributed by atoms with E-state index < -0.39 is 17.6 Å². The molecule has 1 N–H and O–H groups in total. The molecular formula is C25H25F4NO3. The van der Waals surface area contributed by atoms with E-state index in [4.69, 9.17) is 4.74 Å². The predicted octanol–water partition coefficient (Wildman–Crippen LogP) is 6.67. The number of aromatic nitrogens is 1. The van der Waals surface area contributed by atoms with Gasteiger partial charge in [0.05, 0.1) is 19.1 Å². The van der Waals surface area contributed by atoms with Gasteiger partial charge in [0.15, 0.2) is 11.6 Å². The number of benzene rings is 2. The summed E-state index contributed by atoms with van der Waals surface area (Å²) in [4.78, 5) is 14.4. The Morgan fingerprint density at radius 3 is 2.58 bits per heavy atom. The minimum Gasteiger partial charge on any atom is -0.486 e. The third-order valence-corrected chi connectivity index (χ3v) is 6.17. The van der Waals surface area contributed by atoms with Crippen molar-refractivity contribution in [3.8, 4) is 5.75 Å². The molecule has 0 spiro atoms. The first-order valence-corrected chi connectivity index (χ1v) is 11.0. The van der Waals surface area contributed by atoms with Gasteiger partial charge in [-0.1, -0.05) is 25.0 Å². The molecule has 1 aliphatic rings. The Kier molecular flexibility index (Phi) is 6.63. The Labute approximate surface area is 188 Å². The average Bonchev–Trinajstić information content (AvgIpc) is 3.44. The Morgan fingerprint density at radius 2 is 1.88 bits per heavy atom. The predicted molar refractivity (Wildman–Crippen MR) is 116 cm³/mol. The maximum atomic E-state index is 14.5. The summed E-state index contributed by atoms with van der Waals surface area (Å²) in [6.07, 6.45) is -0.439. The number of aryl methyl sites for hydroxylation is 1. The van der Waals surface area contributed by atoms with E-state index in [1.54, 1.807) is 12.1 Å². The SMILES string of the molecule is COC(=O)CCc1cc2cc(OCc3ccc(C4CCCC4)c(C(F)(F)F)c3)c(F)cc2[nH]1. The summed E-state index contributed by atoms with van der Waals surface area (Å²) in [6.45, 7) is -0.184. The molecular weight excluding hydrogens is 438 g/mol. The fourth-order valence-corrected chi connectivity index (χ4v) is 4.47. The van der Waals surface area contributed by atoms with Gasteiger partial charge in [0.25, 0.3) is 0 Å². The molecule has 176 valence electrons. The summed E-state index contributed by atoms with van der Waals surface area (Å²) in [5.41, 5.74) is 1.32. The second-order valence-electron chi connectivity index (χ2n) is 8.43. The summed E-state index contributed by atoms with van der Waals surface area (Å²) in [7, 11) is 1.31. The van der Waals surface area contributed by atoms with Crippen LogP contribution in [0.5, 0.6) is 5.75 Å². The summed E-state index contributed by atoms with van der Waals surface area (Å²) in [5, 5.41) is 0.679. The van der Waals surface area contributed by atoms with Crippen LogP contribution >= 0.6 is 0 Å². The molecule has 8 heteroatoms. The third kappa shape index (κ3) is 5.31. The number of rotatable bonds is 7. The van der Waals surface area contributed by atoms with Crippen molar-refractivity contribution in [2.45, 2.75) is 57.2 Å². The van der Waals surface area contributed by atoms with Crippen LogP contribution < -0.4 is 4.74 Å². The van der Waals surface area contributed by atoms with Crippen LogP contribution in [0.25, 0.3) is 10.9 Å². The number of alkyl halides is 3. The van der Waals surface area contributed by atoms with Crippen molar-refractivity contribution in [3.05, 3.63) is 64.6 Å². The van der Waals surface area contributed by atoms with E-state index in [0.29, 0.717) is 28.5 Å². The van der Waals surface area contributed by atoms with E-state index >= 15 is 0 Å². The number of ether oxygens (including phenoxy) is 2. The standard InChI is InChI=1S/C25H25F4NO3/c1-32-24(31)9-7-18-11-17-12-23(21(26)13-22(17)30-18)33-14-15-6-8-19(16-4-2-3-5-16)20(10-15)25(27,28)29/h6,8,10-13,16,30H,2-5,7,9,14H2,1H3. The first-order valence-electron chi connectivity index (χ1n) is 11.0. The minimum absolute atomic E-state index is 0.0468. The molecule has 33 heavy (non-hydrogen) atoms.